The van der Waals surface area contributed by atoms with Crippen LogP contribution in [0.25, 0.3) is 0 Å². The Morgan fingerprint density at radius 2 is 1.76 bits per heavy atom. The molecule has 0 fully saturated rings. The Kier molecular flexibility index (Phi) is 6.88. The molecule has 0 rings (SSSR count). The quantitative estimate of drug-likeness (QED) is 0.476. The largest absolute Gasteiger partial charge is 0.355 e. The lowest BCUT2D eigenvalue weighted by Crippen LogP contribution is -2.49. The normalized spacial score (nSPS) is 12.0. The molecule has 0 aliphatic carbocycles. The predicted molar refractivity (Wildman–Crippen MR) is 63.0 cm³/mol. The lowest BCUT2D eigenvalue weighted by Gasteiger charge is -2.13. The predicted octanol–water partition coefficient (Wildman–Crippen LogP) is -1.07. The third-order valence-electron chi connectivity index (χ3n) is 1.92. The summed E-state index contributed by atoms with van der Waals surface area (Å²) in [5.41, 5.74) is 4.79. The van der Waals surface area contributed by atoms with Gasteiger partial charge in [-0.25, -0.2) is 4.79 Å². The minimum atomic E-state index is -0.909. The van der Waals surface area contributed by atoms with Crippen LogP contribution in [0.3, 0.4) is 0 Å². The Bertz CT molecular complexity index is 291. The highest BCUT2D eigenvalue weighted by molar-refractivity contribution is 5.96. The Balaban J connectivity index is 3.83. The van der Waals surface area contributed by atoms with Crippen LogP contribution in [0.2, 0.25) is 0 Å². The standard InChI is InChI=1S/C10H20N4O3/c1-6(2)4-13-8(15)5-12-7(3)9(16)14-10(11)17/h6-7,12H,4-5H2,1-3H3,(H,13,15)(H3,11,14,16,17). The van der Waals surface area contributed by atoms with Crippen molar-refractivity contribution in [1.82, 2.24) is 16.0 Å². The second-order valence-corrected chi connectivity index (χ2v) is 4.15. The van der Waals surface area contributed by atoms with Gasteiger partial charge in [0.25, 0.3) is 0 Å². The molecule has 17 heavy (non-hydrogen) atoms. The number of rotatable bonds is 6. The van der Waals surface area contributed by atoms with Gasteiger partial charge >= 0.3 is 6.03 Å². The summed E-state index contributed by atoms with van der Waals surface area (Å²) >= 11 is 0. The number of imide groups is 1. The van der Waals surface area contributed by atoms with Crippen LogP contribution >= 0.6 is 0 Å². The number of urea groups is 1. The summed E-state index contributed by atoms with van der Waals surface area (Å²) in [6.45, 7) is 6.10. The molecule has 0 aliphatic heterocycles. The molecule has 0 bridgehead atoms. The van der Waals surface area contributed by atoms with Gasteiger partial charge in [-0.15, -0.1) is 0 Å². The molecule has 5 N–H and O–H groups in total. The van der Waals surface area contributed by atoms with Gasteiger partial charge in [-0.05, 0) is 12.8 Å². The first-order valence-corrected chi connectivity index (χ1v) is 5.43. The van der Waals surface area contributed by atoms with Crippen LogP contribution in [0.5, 0.6) is 0 Å². The molecule has 4 amide bonds. The molecule has 0 aromatic heterocycles. The SMILES string of the molecule is CC(C)CNC(=O)CNC(C)C(=O)NC(N)=O. The molecule has 98 valence electrons. The first-order valence-electron chi connectivity index (χ1n) is 5.43. The van der Waals surface area contributed by atoms with Crippen LogP contribution in [0.4, 0.5) is 4.79 Å². The highest BCUT2D eigenvalue weighted by Gasteiger charge is 2.14. The van der Waals surface area contributed by atoms with Crippen molar-refractivity contribution in [1.29, 1.82) is 0 Å². The monoisotopic (exact) mass is 244 g/mol. The summed E-state index contributed by atoms with van der Waals surface area (Å²) in [5, 5.41) is 7.29. The van der Waals surface area contributed by atoms with E-state index in [-0.39, 0.29) is 12.5 Å². The summed E-state index contributed by atoms with van der Waals surface area (Å²) < 4.78 is 0. The van der Waals surface area contributed by atoms with Gasteiger partial charge in [-0.3, -0.25) is 20.2 Å². The van der Waals surface area contributed by atoms with E-state index in [4.69, 9.17) is 5.73 Å². The number of carbonyl (C=O) groups is 3. The molecule has 0 aromatic carbocycles. The van der Waals surface area contributed by atoms with Crippen molar-refractivity contribution >= 4 is 17.8 Å². The van der Waals surface area contributed by atoms with E-state index in [2.05, 4.69) is 10.6 Å². The van der Waals surface area contributed by atoms with Crippen molar-refractivity contribution in [2.24, 2.45) is 11.7 Å². The van der Waals surface area contributed by atoms with Crippen molar-refractivity contribution in [3.05, 3.63) is 0 Å². The molecule has 0 heterocycles. The summed E-state index contributed by atoms with van der Waals surface area (Å²) in [6, 6.07) is -1.57. The molecule has 7 nitrogen and oxygen atoms in total. The molecule has 7 heteroatoms. The van der Waals surface area contributed by atoms with Gasteiger partial charge in [0.05, 0.1) is 12.6 Å². The number of hydrogen-bond donors (Lipinski definition) is 4. The minimum absolute atomic E-state index is 0.0140. The summed E-state index contributed by atoms with van der Waals surface area (Å²) in [5.74, 6) is -0.388. The molecule has 1 unspecified atom stereocenters. The average Bonchev–Trinajstić information content (AvgIpc) is 2.21. The van der Waals surface area contributed by atoms with E-state index in [1.807, 2.05) is 19.2 Å². The topological polar surface area (TPSA) is 113 Å². The first kappa shape index (κ1) is 15.4. The number of primary amides is 1. The lowest BCUT2D eigenvalue weighted by molar-refractivity contribution is -0.122. The third-order valence-corrected chi connectivity index (χ3v) is 1.92. The average molecular weight is 244 g/mol. The molecule has 0 aromatic rings. The Morgan fingerprint density at radius 1 is 1.18 bits per heavy atom. The minimum Gasteiger partial charge on any atom is -0.355 e. The highest BCUT2D eigenvalue weighted by Crippen LogP contribution is 1.87. The molecule has 0 spiro atoms. The fourth-order valence-electron chi connectivity index (χ4n) is 0.949. The number of carbonyl (C=O) groups excluding carboxylic acids is 3. The van der Waals surface area contributed by atoms with E-state index < -0.39 is 18.0 Å². The maximum atomic E-state index is 11.3. The Labute approximate surface area is 100 Å². The third kappa shape index (κ3) is 8.21. The maximum absolute atomic E-state index is 11.3. The van der Waals surface area contributed by atoms with Crippen LogP contribution in [0, 0.1) is 5.92 Å². The van der Waals surface area contributed by atoms with Crippen molar-refractivity contribution in [2.45, 2.75) is 26.8 Å². The van der Waals surface area contributed by atoms with E-state index in [1.165, 1.54) is 6.92 Å². The molecule has 0 saturated carbocycles. The molecular formula is C10H20N4O3. The number of hydrogen-bond acceptors (Lipinski definition) is 4. The Hall–Kier alpha value is -1.63. The van der Waals surface area contributed by atoms with Crippen LogP contribution < -0.4 is 21.7 Å². The van der Waals surface area contributed by atoms with Crippen LogP contribution in [-0.2, 0) is 9.59 Å². The maximum Gasteiger partial charge on any atom is 0.318 e. The van der Waals surface area contributed by atoms with Crippen molar-refractivity contribution in [2.75, 3.05) is 13.1 Å². The molecular weight excluding hydrogens is 224 g/mol. The van der Waals surface area contributed by atoms with E-state index >= 15 is 0 Å². The second kappa shape index (κ2) is 7.61. The van der Waals surface area contributed by atoms with Crippen LogP contribution in [0.1, 0.15) is 20.8 Å². The summed E-state index contributed by atoms with van der Waals surface area (Å²) in [4.78, 5) is 32.9. The van der Waals surface area contributed by atoms with Crippen molar-refractivity contribution < 1.29 is 14.4 Å². The van der Waals surface area contributed by atoms with E-state index in [0.29, 0.717) is 12.5 Å². The van der Waals surface area contributed by atoms with Gasteiger partial charge in [0.2, 0.25) is 11.8 Å². The van der Waals surface area contributed by atoms with Gasteiger partial charge in [0, 0.05) is 6.54 Å². The fraction of sp³-hybridized carbons (Fsp3) is 0.700. The number of nitrogens with one attached hydrogen (secondary N) is 3. The smallest absolute Gasteiger partial charge is 0.318 e. The molecule has 0 saturated heterocycles. The van der Waals surface area contributed by atoms with Crippen molar-refractivity contribution in [3.8, 4) is 0 Å². The molecule has 0 radical (unpaired) electrons. The Morgan fingerprint density at radius 3 is 2.24 bits per heavy atom. The van der Waals surface area contributed by atoms with Crippen molar-refractivity contribution in [3.63, 3.8) is 0 Å². The zero-order valence-electron chi connectivity index (χ0n) is 10.4. The zero-order chi connectivity index (χ0) is 13.4. The van der Waals surface area contributed by atoms with Gasteiger partial charge in [-0.2, -0.15) is 0 Å². The van der Waals surface area contributed by atoms with Gasteiger partial charge in [0.1, 0.15) is 0 Å². The molecule has 1 atom stereocenters. The second-order valence-electron chi connectivity index (χ2n) is 4.15. The van der Waals surface area contributed by atoms with Crippen LogP contribution in [0.15, 0.2) is 0 Å². The zero-order valence-corrected chi connectivity index (χ0v) is 10.4. The highest BCUT2D eigenvalue weighted by atomic mass is 16.2. The summed E-state index contributed by atoms with van der Waals surface area (Å²) in [6.07, 6.45) is 0. The number of amides is 4. The first-order chi connectivity index (χ1) is 7.82. The van der Waals surface area contributed by atoms with E-state index in [1.54, 1.807) is 0 Å². The van der Waals surface area contributed by atoms with Gasteiger partial charge in [-0.1, -0.05) is 13.8 Å². The lowest BCUT2D eigenvalue weighted by atomic mass is 10.2. The number of nitrogens with two attached hydrogens (primary N) is 1. The van der Waals surface area contributed by atoms with Crippen LogP contribution in [-0.4, -0.2) is 37.0 Å². The summed E-state index contributed by atoms with van der Waals surface area (Å²) in [7, 11) is 0. The molecule has 0 aliphatic rings. The van der Waals surface area contributed by atoms with E-state index in [0.717, 1.165) is 0 Å². The van der Waals surface area contributed by atoms with Gasteiger partial charge in [0.15, 0.2) is 0 Å². The fourth-order valence-corrected chi connectivity index (χ4v) is 0.949. The van der Waals surface area contributed by atoms with Gasteiger partial charge < -0.3 is 11.1 Å². The van der Waals surface area contributed by atoms with E-state index in [9.17, 15) is 14.4 Å².